The van der Waals surface area contributed by atoms with Gasteiger partial charge < -0.3 is 10.2 Å². The van der Waals surface area contributed by atoms with Crippen molar-refractivity contribution < 1.29 is 18.6 Å². The van der Waals surface area contributed by atoms with Crippen LogP contribution in [0.25, 0.3) is 0 Å². The van der Waals surface area contributed by atoms with E-state index in [1.165, 1.54) is 16.4 Å². The molecule has 0 aliphatic carbocycles. The molecule has 1 aliphatic rings. The quantitative estimate of drug-likeness (QED) is 0.838. The molecule has 1 aromatic carbocycles. The molecular formula is C12H17NO4S. The van der Waals surface area contributed by atoms with Crippen LogP contribution >= 0.6 is 0 Å². The van der Waals surface area contributed by atoms with Crippen LogP contribution in [0.4, 0.5) is 0 Å². The van der Waals surface area contributed by atoms with Crippen molar-refractivity contribution in [1.29, 1.82) is 0 Å². The summed E-state index contributed by atoms with van der Waals surface area (Å²) in [7, 11) is -3.74. The van der Waals surface area contributed by atoms with Gasteiger partial charge in [-0.05, 0) is 31.9 Å². The van der Waals surface area contributed by atoms with Crippen molar-refractivity contribution in [2.75, 3.05) is 13.1 Å². The molecule has 1 atom stereocenters. The highest BCUT2D eigenvalue weighted by molar-refractivity contribution is 7.89. The van der Waals surface area contributed by atoms with Gasteiger partial charge in [0.15, 0.2) is 0 Å². The van der Waals surface area contributed by atoms with Crippen LogP contribution in [-0.4, -0.2) is 41.6 Å². The van der Waals surface area contributed by atoms with Gasteiger partial charge in [0.25, 0.3) is 0 Å². The van der Waals surface area contributed by atoms with Crippen LogP contribution in [0.2, 0.25) is 0 Å². The van der Waals surface area contributed by atoms with Crippen molar-refractivity contribution in [2.24, 2.45) is 0 Å². The predicted octanol–water partition coefficient (Wildman–Crippen LogP) is 0.928. The molecule has 1 heterocycles. The fourth-order valence-corrected chi connectivity index (χ4v) is 3.87. The number of rotatable bonds is 2. The molecule has 0 amide bonds. The number of nitrogens with zero attached hydrogens (tertiary/aromatic N) is 1. The van der Waals surface area contributed by atoms with Crippen LogP contribution in [0.1, 0.15) is 19.8 Å². The minimum atomic E-state index is -3.74. The van der Waals surface area contributed by atoms with Gasteiger partial charge in [-0.15, -0.1) is 0 Å². The van der Waals surface area contributed by atoms with E-state index >= 15 is 0 Å². The van der Waals surface area contributed by atoms with Gasteiger partial charge in [0.05, 0.1) is 5.60 Å². The molecule has 5 nitrogen and oxygen atoms in total. The maximum atomic E-state index is 12.4. The Morgan fingerprint density at radius 1 is 1.33 bits per heavy atom. The zero-order valence-electron chi connectivity index (χ0n) is 10.2. The third-order valence-electron chi connectivity index (χ3n) is 3.12. The first-order valence-corrected chi connectivity index (χ1v) is 7.27. The Morgan fingerprint density at radius 3 is 2.61 bits per heavy atom. The van der Waals surface area contributed by atoms with E-state index in [-0.39, 0.29) is 17.2 Å². The highest BCUT2D eigenvalue weighted by atomic mass is 32.2. The minimum absolute atomic E-state index is 0.0592. The predicted molar refractivity (Wildman–Crippen MR) is 66.7 cm³/mol. The molecule has 1 unspecified atom stereocenters. The van der Waals surface area contributed by atoms with Crippen molar-refractivity contribution in [1.82, 2.24) is 4.31 Å². The van der Waals surface area contributed by atoms with Gasteiger partial charge in [0, 0.05) is 13.1 Å². The molecule has 0 bridgehead atoms. The van der Waals surface area contributed by atoms with Crippen molar-refractivity contribution in [3.05, 3.63) is 24.3 Å². The summed E-state index contributed by atoms with van der Waals surface area (Å²) in [6, 6.07) is 5.85. The standard InChI is InChI=1S/C12H17NO4S/c1-12(15)7-4-8-13(9-12)18(16,17)11-6-3-2-5-10(11)14/h2-3,5-6,14-15H,4,7-9H2,1H3. The summed E-state index contributed by atoms with van der Waals surface area (Å²) in [5, 5.41) is 19.6. The van der Waals surface area contributed by atoms with E-state index in [1.54, 1.807) is 19.1 Å². The average molecular weight is 271 g/mol. The van der Waals surface area contributed by atoms with E-state index in [0.717, 1.165) is 0 Å². The van der Waals surface area contributed by atoms with Crippen molar-refractivity contribution in [2.45, 2.75) is 30.3 Å². The lowest BCUT2D eigenvalue weighted by atomic mass is 9.97. The molecule has 100 valence electrons. The van der Waals surface area contributed by atoms with Gasteiger partial charge in [0.2, 0.25) is 10.0 Å². The second-order valence-electron chi connectivity index (χ2n) is 4.91. The first-order valence-electron chi connectivity index (χ1n) is 5.83. The normalized spacial score (nSPS) is 26.1. The Morgan fingerprint density at radius 2 is 2.00 bits per heavy atom. The van der Waals surface area contributed by atoms with Crippen LogP contribution in [0.15, 0.2) is 29.2 Å². The van der Waals surface area contributed by atoms with E-state index < -0.39 is 15.6 Å². The lowest BCUT2D eigenvalue weighted by Gasteiger charge is -2.35. The Bertz CT molecular complexity index is 539. The van der Waals surface area contributed by atoms with Crippen LogP contribution in [0.3, 0.4) is 0 Å². The molecule has 6 heteroatoms. The molecule has 2 N–H and O–H groups in total. The Kier molecular flexibility index (Phi) is 3.35. The molecule has 1 aliphatic heterocycles. The van der Waals surface area contributed by atoms with E-state index in [0.29, 0.717) is 19.4 Å². The maximum Gasteiger partial charge on any atom is 0.246 e. The van der Waals surface area contributed by atoms with Crippen LogP contribution < -0.4 is 0 Å². The number of aliphatic hydroxyl groups is 1. The van der Waals surface area contributed by atoms with Gasteiger partial charge >= 0.3 is 0 Å². The monoisotopic (exact) mass is 271 g/mol. The molecule has 0 aromatic heterocycles. The van der Waals surface area contributed by atoms with Crippen LogP contribution in [0, 0.1) is 0 Å². The average Bonchev–Trinajstić information content (AvgIpc) is 2.28. The molecule has 0 saturated carbocycles. The number of β-amino-alcohol motifs (C(OH)–C–C–N with tert-alkyl or cyclic N) is 1. The number of hydrogen-bond donors (Lipinski definition) is 2. The molecule has 1 fully saturated rings. The Labute approximate surface area is 107 Å². The fraction of sp³-hybridized carbons (Fsp3) is 0.500. The second kappa shape index (κ2) is 4.53. The molecule has 0 radical (unpaired) electrons. The van der Waals surface area contributed by atoms with Gasteiger partial charge in [-0.1, -0.05) is 12.1 Å². The van der Waals surface area contributed by atoms with Crippen molar-refractivity contribution >= 4 is 10.0 Å². The highest BCUT2D eigenvalue weighted by Crippen LogP contribution is 2.29. The zero-order valence-corrected chi connectivity index (χ0v) is 11.0. The molecule has 2 rings (SSSR count). The highest BCUT2D eigenvalue weighted by Gasteiger charge is 2.36. The second-order valence-corrected chi connectivity index (χ2v) is 6.81. The molecular weight excluding hydrogens is 254 g/mol. The number of para-hydroxylation sites is 1. The lowest BCUT2D eigenvalue weighted by Crippen LogP contribution is -2.48. The lowest BCUT2D eigenvalue weighted by molar-refractivity contribution is 0.00936. The summed E-state index contributed by atoms with van der Waals surface area (Å²) in [4.78, 5) is -0.109. The van der Waals surface area contributed by atoms with Gasteiger partial charge in [-0.25, -0.2) is 8.42 Å². The van der Waals surface area contributed by atoms with E-state index in [9.17, 15) is 18.6 Å². The number of phenolic OH excluding ortho intramolecular Hbond substituents is 1. The molecule has 1 saturated heterocycles. The fourth-order valence-electron chi connectivity index (χ4n) is 2.19. The Balaban J connectivity index is 2.35. The third kappa shape index (κ3) is 2.50. The van der Waals surface area contributed by atoms with Crippen LogP contribution in [-0.2, 0) is 10.0 Å². The van der Waals surface area contributed by atoms with E-state index in [4.69, 9.17) is 0 Å². The topological polar surface area (TPSA) is 77.8 Å². The first-order chi connectivity index (χ1) is 8.33. The maximum absolute atomic E-state index is 12.4. The van der Waals surface area contributed by atoms with Gasteiger partial charge in [0.1, 0.15) is 10.6 Å². The molecule has 18 heavy (non-hydrogen) atoms. The van der Waals surface area contributed by atoms with E-state index in [1.807, 2.05) is 0 Å². The summed E-state index contributed by atoms with van der Waals surface area (Å²) >= 11 is 0. The van der Waals surface area contributed by atoms with Crippen molar-refractivity contribution in [3.8, 4) is 5.75 Å². The van der Waals surface area contributed by atoms with Crippen molar-refractivity contribution in [3.63, 3.8) is 0 Å². The van der Waals surface area contributed by atoms with E-state index in [2.05, 4.69) is 0 Å². The van der Waals surface area contributed by atoms with Gasteiger partial charge in [-0.3, -0.25) is 0 Å². The van der Waals surface area contributed by atoms with Gasteiger partial charge in [-0.2, -0.15) is 4.31 Å². The molecule has 1 aromatic rings. The SMILES string of the molecule is CC1(O)CCCN(S(=O)(=O)c2ccccc2O)C1. The minimum Gasteiger partial charge on any atom is -0.507 e. The number of sulfonamides is 1. The smallest absolute Gasteiger partial charge is 0.246 e. The number of aromatic hydroxyl groups is 1. The molecule has 0 spiro atoms. The Hall–Kier alpha value is -1.11. The number of phenols is 1. The summed E-state index contributed by atoms with van der Waals surface area (Å²) < 4.78 is 25.9. The summed E-state index contributed by atoms with van der Waals surface area (Å²) in [6.07, 6.45) is 1.19. The largest absolute Gasteiger partial charge is 0.507 e. The number of hydrogen-bond acceptors (Lipinski definition) is 4. The zero-order chi connectivity index (χ0) is 13.4. The number of benzene rings is 1. The summed E-state index contributed by atoms with van der Waals surface area (Å²) in [5.74, 6) is -0.261. The third-order valence-corrected chi connectivity index (χ3v) is 5.02. The summed E-state index contributed by atoms with van der Waals surface area (Å²) in [6.45, 7) is 2.05. The number of piperidine rings is 1. The summed E-state index contributed by atoms with van der Waals surface area (Å²) in [5.41, 5.74) is -1.00. The van der Waals surface area contributed by atoms with Crippen LogP contribution in [0.5, 0.6) is 5.75 Å². The first kappa shape index (κ1) is 13.3.